The van der Waals surface area contributed by atoms with Crippen LogP contribution >= 0.6 is 0 Å². The normalized spacial score (nSPS) is 10.4. The van der Waals surface area contributed by atoms with Crippen molar-refractivity contribution in [3.05, 3.63) is 34.7 Å². The molecule has 0 fully saturated rings. The fourth-order valence-electron chi connectivity index (χ4n) is 1.31. The number of nitrogens with zero attached hydrogens (tertiary/aromatic N) is 3. The molecule has 10 heteroatoms. The van der Waals surface area contributed by atoms with Crippen molar-refractivity contribution in [2.45, 2.75) is 12.8 Å². The second-order valence-electron chi connectivity index (χ2n) is 3.76. The van der Waals surface area contributed by atoms with Gasteiger partial charge in [0.25, 0.3) is 0 Å². The van der Waals surface area contributed by atoms with E-state index in [-0.39, 0.29) is 12.3 Å². The molecule has 114 valence electrons. The number of rotatable bonds is 6. The van der Waals surface area contributed by atoms with E-state index in [9.17, 15) is 18.0 Å². The summed E-state index contributed by atoms with van der Waals surface area (Å²) in [6.45, 7) is 0.570. The van der Waals surface area contributed by atoms with Crippen molar-refractivity contribution in [2.24, 2.45) is 5.11 Å². The van der Waals surface area contributed by atoms with Crippen LogP contribution in [0.5, 0.6) is 5.75 Å². The largest absolute Gasteiger partial charge is 0.573 e. The van der Waals surface area contributed by atoms with Crippen molar-refractivity contribution < 1.29 is 22.7 Å². The topological polar surface area (TPSA) is 99.1 Å². The number of hydrogen-bond acceptors (Lipinski definition) is 3. The first-order chi connectivity index (χ1) is 9.90. The van der Waals surface area contributed by atoms with Crippen molar-refractivity contribution in [1.82, 2.24) is 5.32 Å². The number of nitrogens with one attached hydrogen (secondary N) is 2. The van der Waals surface area contributed by atoms with Crippen molar-refractivity contribution in [3.8, 4) is 5.75 Å². The van der Waals surface area contributed by atoms with Crippen LogP contribution in [0.1, 0.15) is 6.42 Å². The smallest absolute Gasteiger partial charge is 0.406 e. The van der Waals surface area contributed by atoms with Gasteiger partial charge < -0.3 is 15.4 Å². The zero-order valence-corrected chi connectivity index (χ0v) is 10.7. The molecule has 0 bridgehead atoms. The van der Waals surface area contributed by atoms with Crippen LogP contribution in [0.25, 0.3) is 10.4 Å². The molecule has 0 saturated carbocycles. The Hall–Kier alpha value is -2.61. The Bertz CT molecular complexity index is 512. The summed E-state index contributed by atoms with van der Waals surface area (Å²) in [6.07, 6.45) is -4.27. The molecular weight excluding hydrogens is 291 g/mol. The van der Waals surface area contributed by atoms with Crippen LogP contribution in [0.15, 0.2) is 29.4 Å². The molecule has 1 aromatic rings. The number of urea groups is 1. The van der Waals surface area contributed by atoms with Gasteiger partial charge in [0.15, 0.2) is 0 Å². The maximum Gasteiger partial charge on any atom is 0.573 e. The average Bonchev–Trinajstić information content (AvgIpc) is 2.39. The third-order valence-electron chi connectivity index (χ3n) is 2.13. The van der Waals surface area contributed by atoms with Crippen molar-refractivity contribution in [1.29, 1.82) is 0 Å². The van der Waals surface area contributed by atoms with E-state index in [1.807, 2.05) is 0 Å². The van der Waals surface area contributed by atoms with Crippen LogP contribution in [0.3, 0.4) is 0 Å². The van der Waals surface area contributed by atoms with Gasteiger partial charge in [-0.25, -0.2) is 4.79 Å². The zero-order chi connectivity index (χ0) is 15.7. The Morgan fingerprint density at radius 2 is 2.00 bits per heavy atom. The summed E-state index contributed by atoms with van der Waals surface area (Å²) in [7, 11) is 0. The van der Waals surface area contributed by atoms with Gasteiger partial charge in [-0.15, -0.1) is 13.2 Å². The molecule has 0 spiro atoms. The van der Waals surface area contributed by atoms with Gasteiger partial charge in [0, 0.05) is 23.7 Å². The van der Waals surface area contributed by atoms with Gasteiger partial charge in [-0.1, -0.05) is 5.11 Å². The minimum Gasteiger partial charge on any atom is -0.406 e. The van der Waals surface area contributed by atoms with Crippen LogP contribution in [0.2, 0.25) is 0 Å². The van der Waals surface area contributed by atoms with E-state index in [2.05, 4.69) is 25.4 Å². The maximum atomic E-state index is 11.9. The van der Waals surface area contributed by atoms with E-state index in [1.165, 1.54) is 12.1 Å². The summed E-state index contributed by atoms with van der Waals surface area (Å²) in [5.41, 5.74) is 8.36. The Morgan fingerprint density at radius 1 is 1.33 bits per heavy atom. The van der Waals surface area contributed by atoms with Gasteiger partial charge in [0.2, 0.25) is 0 Å². The predicted molar refractivity (Wildman–Crippen MR) is 68.8 cm³/mol. The highest BCUT2D eigenvalue weighted by molar-refractivity contribution is 5.89. The summed E-state index contributed by atoms with van der Waals surface area (Å²) in [5, 5.41) is 8.23. The van der Waals surface area contributed by atoms with Crippen molar-refractivity contribution in [2.75, 3.05) is 18.4 Å². The predicted octanol–water partition coefficient (Wildman–Crippen LogP) is 3.41. The summed E-state index contributed by atoms with van der Waals surface area (Å²) in [6, 6.07) is 4.22. The van der Waals surface area contributed by atoms with Crippen LogP contribution in [-0.2, 0) is 0 Å². The number of halogens is 3. The number of hydrogen-bond donors (Lipinski definition) is 2. The summed E-state index contributed by atoms with van der Waals surface area (Å²) in [4.78, 5) is 14.0. The van der Waals surface area contributed by atoms with Crippen molar-refractivity contribution in [3.63, 3.8) is 0 Å². The molecule has 0 unspecified atom stereocenters. The Morgan fingerprint density at radius 3 is 2.57 bits per heavy atom. The Balaban J connectivity index is 2.37. The molecule has 0 aliphatic carbocycles. The molecule has 0 atom stereocenters. The lowest BCUT2D eigenvalue weighted by Crippen LogP contribution is -2.29. The molecule has 7 nitrogen and oxygen atoms in total. The van der Waals surface area contributed by atoms with Crippen LogP contribution < -0.4 is 15.4 Å². The van der Waals surface area contributed by atoms with E-state index < -0.39 is 12.4 Å². The molecule has 0 aliphatic rings. The van der Waals surface area contributed by atoms with Gasteiger partial charge in [-0.3, -0.25) is 0 Å². The average molecular weight is 303 g/mol. The Kier molecular flexibility index (Phi) is 6.15. The van der Waals surface area contributed by atoms with Gasteiger partial charge in [0.05, 0.1) is 0 Å². The quantitative estimate of drug-likeness (QED) is 0.364. The number of anilines is 1. The molecule has 21 heavy (non-hydrogen) atoms. The molecule has 0 aliphatic heterocycles. The lowest BCUT2D eigenvalue weighted by Gasteiger charge is -2.10. The minimum absolute atomic E-state index is 0.264. The molecule has 2 N–H and O–H groups in total. The second kappa shape index (κ2) is 7.85. The lowest BCUT2D eigenvalue weighted by molar-refractivity contribution is -0.274. The van der Waals surface area contributed by atoms with Gasteiger partial charge in [-0.05, 0) is 36.2 Å². The fraction of sp³-hybridized carbons (Fsp3) is 0.364. The highest BCUT2D eigenvalue weighted by atomic mass is 19.4. The number of carbonyl (C=O) groups excluding carboxylic acids is 1. The monoisotopic (exact) mass is 303 g/mol. The number of ether oxygens (including phenoxy) is 1. The standard InChI is InChI=1S/C11H12F3N5O2/c12-11(13,14)21-9-4-2-8(3-5-9)18-10(20)16-6-1-7-17-19-15/h2-5H,1,6-7H2,(H2,16,18,20). The molecule has 0 radical (unpaired) electrons. The molecule has 1 aromatic carbocycles. The molecule has 1 rings (SSSR count). The van der Waals surface area contributed by atoms with E-state index >= 15 is 0 Å². The maximum absolute atomic E-state index is 11.9. The first-order valence-corrected chi connectivity index (χ1v) is 5.82. The van der Waals surface area contributed by atoms with Crippen LogP contribution in [0.4, 0.5) is 23.7 Å². The highest BCUT2D eigenvalue weighted by Crippen LogP contribution is 2.23. The van der Waals surface area contributed by atoms with Gasteiger partial charge in [-0.2, -0.15) is 0 Å². The molecule has 0 saturated heterocycles. The van der Waals surface area contributed by atoms with Crippen molar-refractivity contribution >= 4 is 11.7 Å². The van der Waals surface area contributed by atoms with E-state index in [0.717, 1.165) is 12.1 Å². The van der Waals surface area contributed by atoms with E-state index in [1.54, 1.807) is 0 Å². The third kappa shape index (κ3) is 7.53. The number of amides is 2. The third-order valence-corrected chi connectivity index (χ3v) is 2.13. The molecular formula is C11H12F3N5O2. The summed E-state index contributed by atoms with van der Waals surface area (Å²) >= 11 is 0. The SMILES string of the molecule is [N-]=[N+]=NCCCNC(=O)Nc1ccc(OC(F)(F)F)cc1. The molecule has 0 heterocycles. The van der Waals surface area contributed by atoms with E-state index in [4.69, 9.17) is 5.53 Å². The molecule has 2 amide bonds. The molecule has 0 aromatic heterocycles. The first kappa shape index (κ1) is 16.4. The lowest BCUT2D eigenvalue weighted by atomic mass is 10.3. The number of carbonyl (C=O) groups is 1. The second-order valence-corrected chi connectivity index (χ2v) is 3.76. The first-order valence-electron chi connectivity index (χ1n) is 5.82. The Labute approximate surface area is 117 Å². The van der Waals surface area contributed by atoms with Crippen LogP contribution in [0, 0.1) is 0 Å². The number of alkyl halides is 3. The van der Waals surface area contributed by atoms with E-state index in [0.29, 0.717) is 18.7 Å². The van der Waals surface area contributed by atoms with Gasteiger partial charge in [0.1, 0.15) is 5.75 Å². The number of azide groups is 1. The fourth-order valence-corrected chi connectivity index (χ4v) is 1.31. The summed E-state index contributed by atoms with van der Waals surface area (Å²) in [5.74, 6) is -0.372. The van der Waals surface area contributed by atoms with Crippen LogP contribution in [-0.4, -0.2) is 25.5 Å². The van der Waals surface area contributed by atoms with Gasteiger partial charge >= 0.3 is 12.4 Å². The minimum atomic E-state index is -4.75. The zero-order valence-electron chi connectivity index (χ0n) is 10.7. The summed E-state index contributed by atoms with van der Waals surface area (Å²) < 4.78 is 39.5. The highest BCUT2D eigenvalue weighted by Gasteiger charge is 2.30. The number of benzene rings is 1.